The Morgan fingerprint density at radius 1 is 1.38 bits per heavy atom. The molecule has 0 aliphatic rings. The summed E-state index contributed by atoms with van der Waals surface area (Å²) in [6.45, 7) is 8.14. The van der Waals surface area contributed by atoms with Crippen LogP contribution in [0.15, 0.2) is 60.4 Å². The molecule has 6 nitrogen and oxygen atoms in total. The number of ether oxygens (including phenoxy) is 2. The van der Waals surface area contributed by atoms with Crippen molar-refractivity contribution in [2.24, 2.45) is 0 Å². The summed E-state index contributed by atoms with van der Waals surface area (Å²) in [5, 5.41) is 10.2. The lowest BCUT2D eigenvalue weighted by molar-refractivity contribution is 0.318. The van der Waals surface area contributed by atoms with Gasteiger partial charge < -0.3 is 14.8 Å². The summed E-state index contributed by atoms with van der Waals surface area (Å²) in [6, 6.07) is 5.66. The molecule has 0 fully saturated rings. The first-order valence-corrected chi connectivity index (χ1v) is 7.58. The van der Waals surface area contributed by atoms with E-state index in [4.69, 9.17) is 21.1 Å². The number of hydrogen-bond acceptors (Lipinski definition) is 5. The maximum Gasteiger partial charge on any atom is 0.218 e. The van der Waals surface area contributed by atoms with Gasteiger partial charge in [-0.3, -0.25) is 0 Å². The van der Waals surface area contributed by atoms with Crippen molar-refractivity contribution in [1.29, 1.82) is 0 Å². The number of benzene rings is 1. The van der Waals surface area contributed by atoms with Crippen LogP contribution < -0.4 is 14.8 Å². The zero-order valence-corrected chi connectivity index (χ0v) is 14.1. The summed E-state index contributed by atoms with van der Waals surface area (Å²) in [5.74, 6) is 1.83. The second-order valence-electron chi connectivity index (χ2n) is 4.71. The minimum absolute atomic E-state index is 0.254. The summed E-state index contributed by atoms with van der Waals surface area (Å²) in [7, 11) is 1.59. The van der Waals surface area contributed by atoms with Crippen LogP contribution in [0.4, 0.5) is 5.95 Å². The molecule has 2 aromatic rings. The first-order valence-electron chi connectivity index (χ1n) is 7.21. The molecule has 0 spiro atoms. The van der Waals surface area contributed by atoms with Gasteiger partial charge in [-0.05, 0) is 6.07 Å². The molecule has 0 radical (unpaired) electrons. The minimum Gasteiger partial charge on any atom is -0.493 e. The molecule has 126 valence electrons. The van der Waals surface area contributed by atoms with Crippen LogP contribution in [-0.4, -0.2) is 28.9 Å². The minimum atomic E-state index is 0.254. The van der Waals surface area contributed by atoms with Gasteiger partial charge >= 0.3 is 0 Å². The lowest BCUT2D eigenvalue weighted by Gasteiger charge is -2.16. The molecule has 1 aromatic carbocycles. The van der Waals surface area contributed by atoms with E-state index in [0.717, 1.165) is 11.1 Å². The molecular formula is C17H19ClN4O2. The molecule has 0 atom stereocenters. The van der Waals surface area contributed by atoms with Crippen molar-refractivity contribution in [3.05, 3.63) is 66.0 Å². The zero-order chi connectivity index (χ0) is 17.4. The highest BCUT2D eigenvalue weighted by atomic mass is 35.5. The Morgan fingerprint density at radius 3 is 2.83 bits per heavy atom. The highest BCUT2D eigenvalue weighted by Crippen LogP contribution is 2.32. The van der Waals surface area contributed by atoms with Crippen molar-refractivity contribution in [1.82, 2.24) is 15.2 Å². The van der Waals surface area contributed by atoms with Crippen molar-refractivity contribution < 1.29 is 9.47 Å². The van der Waals surface area contributed by atoms with Crippen molar-refractivity contribution in [3.63, 3.8) is 0 Å². The van der Waals surface area contributed by atoms with Gasteiger partial charge in [0.05, 0.1) is 7.11 Å². The van der Waals surface area contributed by atoms with Crippen molar-refractivity contribution >= 4 is 17.5 Å². The van der Waals surface area contributed by atoms with E-state index >= 15 is 0 Å². The van der Waals surface area contributed by atoms with Gasteiger partial charge in [-0.1, -0.05) is 49.0 Å². The SMILES string of the molecule is C=C/C(Cl)=C(\C=C)COc1c(CNc2ncn[nH]2)cccc1OC. The molecular weight excluding hydrogens is 328 g/mol. The number of methoxy groups -OCH3 is 1. The number of nitrogens with one attached hydrogen (secondary N) is 2. The van der Waals surface area contributed by atoms with Gasteiger partial charge in [-0.15, -0.1) is 0 Å². The summed E-state index contributed by atoms with van der Waals surface area (Å²) in [5.41, 5.74) is 1.65. The summed E-state index contributed by atoms with van der Waals surface area (Å²) in [6.07, 6.45) is 4.63. The van der Waals surface area contributed by atoms with E-state index in [1.807, 2.05) is 18.2 Å². The number of nitrogens with zero attached hydrogens (tertiary/aromatic N) is 2. The highest BCUT2D eigenvalue weighted by Gasteiger charge is 2.12. The first kappa shape index (κ1) is 17.6. The second kappa shape index (κ2) is 8.79. The number of allylic oxidation sites excluding steroid dienone is 2. The average molecular weight is 347 g/mol. The molecule has 24 heavy (non-hydrogen) atoms. The molecule has 0 unspecified atom stereocenters. The van der Waals surface area contributed by atoms with E-state index in [9.17, 15) is 0 Å². The fourth-order valence-corrected chi connectivity index (χ4v) is 2.13. The number of halogens is 1. The predicted octanol–water partition coefficient (Wildman–Crippen LogP) is 3.67. The summed E-state index contributed by atoms with van der Waals surface area (Å²) >= 11 is 6.09. The molecule has 0 aliphatic carbocycles. The third-order valence-corrected chi connectivity index (χ3v) is 3.64. The normalized spacial score (nSPS) is 11.4. The lowest BCUT2D eigenvalue weighted by Crippen LogP contribution is -2.08. The van der Waals surface area contributed by atoms with Crippen LogP contribution in [0.3, 0.4) is 0 Å². The number of H-pyrrole nitrogens is 1. The van der Waals surface area contributed by atoms with Crippen molar-refractivity contribution in [2.75, 3.05) is 19.0 Å². The molecule has 2 N–H and O–H groups in total. The van der Waals surface area contributed by atoms with Crippen LogP contribution in [0.2, 0.25) is 0 Å². The summed E-state index contributed by atoms with van der Waals surface area (Å²) < 4.78 is 11.3. The Kier molecular flexibility index (Phi) is 6.45. The molecule has 0 saturated carbocycles. The molecule has 1 heterocycles. The number of aromatic nitrogens is 3. The van der Waals surface area contributed by atoms with Gasteiger partial charge in [0.1, 0.15) is 12.9 Å². The fraction of sp³-hybridized carbons (Fsp3) is 0.176. The van der Waals surface area contributed by atoms with Gasteiger partial charge in [-0.25, -0.2) is 10.1 Å². The van der Waals surface area contributed by atoms with E-state index in [0.29, 0.717) is 29.0 Å². The topological polar surface area (TPSA) is 72.1 Å². The first-order chi connectivity index (χ1) is 11.7. The van der Waals surface area contributed by atoms with Gasteiger partial charge in [-0.2, -0.15) is 5.10 Å². The Labute approximate surface area is 145 Å². The number of anilines is 1. The third kappa shape index (κ3) is 4.39. The fourth-order valence-electron chi connectivity index (χ4n) is 2.00. The Morgan fingerprint density at radius 2 is 2.21 bits per heavy atom. The highest BCUT2D eigenvalue weighted by molar-refractivity contribution is 6.31. The number of para-hydroxylation sites is 1. The molecule has 0 aliphatic heterocycles. The molecule has 1 aromatic heterocycles. The number of hydrogen-bond donors (Lipinski definition) is 2. The molecule has 0 saturated heterocycles. The quantitative estimate of drug-likeness (QED) is 0.678. The zero-order valence-electron chi connectivity index (χ0n) is 13.4. The monoisotopic (exact) mass is 346 g/mol. The largest absolute Gasteiger partial charge is 0.493 e. The number of rotatable bonds is 9. The van der Waals surface area contributed by atoms with Crippen LogP contribution in [0, 0.1) is 0 Å². The van der Waals surface area contributed by atoms with E-state index in [2.05, 4.69) is 33.7 Å². The Balaban J connectivity index is 2.19. The molecule has 7 heteroatoms. The predicted molar refractivity (Wildman–Crippen MR) is 95.5 cm³/mol. The lowest BCUT2D eigenvalue weighted by atomic mass is 10.1. The van der Waals surface area contributed by atoms with E-state index in [1.165, 1.54) is 6.33 Å². The van der Waals surface area contributed by atoms with Crippen LogP contribution in [0.25, 0.3) is 0 Å². The van der Waals surface area contributed by atoms with Crippen molar-refractivity contribution in [2.45, 2.75) is 6.54 Å². The third-order valence-electron chi connectivity index (χ3n) is 3.25. The molecule has 2 rings (SSSR count). The Hall–Kier alpha value is -2.73. The molecule has 0 amide bonds. The van der Waals surface area contributed by atoms with E-state index < -0.39 is 0 Å². The average Bonchev–Trinajstić information content (AvgIpc) is 3.14. The smallest absolute Gasteiger partial charge is 0.218 e. The van der Waals surface area contributed by atoms with Gasteiger partial charge in [0.25, 0.3) is 0 Å². The summed E-state index contributed by atoms with van der Waals surface area (Å²) in [4.78, 5) is 4.03. The van der Waals surface area contributed by atoms with Gasteiger partial charge in [0.2, 0.25) is 5.95 Å². The number of aromatic amines is 1. The van der Waals surface area contributed by atoms with Crippen molar-refractivity contribution in [3.8, 4) is 11.5 Å². The second-order valence-corrected chi connectivity index (χ2v) is 5.11. The van der Waals surface area contributed by atoms with Crippen LogP contribution in [0.5, 0.6) is 11.5 Å². The van der Waals surface area contributed by atoms with E-state index in [-0.39, 0.29) is 6.61 Å². The van der Waals surface area contributed by atoms with Gasteiger partial charge in [0, 0.05) is 22.7 Å². The van der Waals surface area contributed by atoms with Crippen LogP contribution in [-0.2, 0) is 6.54 Å². The van der Waals surface area contributed by atoms with E-state index in [1.54, 1.807) is 19.3 Å². The Bertz CT molecular complexity index is 726. The van der Waals surface area contributed by atoms with Gasteiger partial charge in [0.15, 0.2) is 11.5 Å². The van der Waals surface area contributed by atoms with Crippen LogP contribution >= 0.6 is 11.6 Å². The maximum absolute atomic E-state index is 6.09. The standard InChI is InChI=1S/C17H19ClN4O2/c1-4-12(14(18)5-2)10-24-16-13(7-6-8-15(16)23-3)9-19-17-20-11-21-22-17/h4-8,11H,1-2,9-10H2,3H3,(H2,19,20,21,22)/b14-12-. The maximum atomic E-state index is 6.09. The van der Waals surface area contributed by atoms with Crippen LogP contribution in [0.1, 0.15) is 5.56 Å². The molecule has 0 bridgehead atoms.